The molecule has 1 heterocycles. The number of hydrogen-bond acceptors (Lipinski definition) is 7. The first-order valence-electron chi connectivity index (χ1n) is 12.0. The van der Waals surface area contributed by atoms with Crippen LogP contribution >= 0.6 is 12.2 Å². The molecule has 0 saturated heterocycles. The van der Waals surface area contributed by atoms with E-state index in [-0.39, 0.29) is 42.7 Å². The van der Waals surface area contributed by atoms with Gasteiger partial charge in [0.15, 0.2) is 16.6 Å². The Balaban J connectivity index is 0.000000392. The van der Waals surface area contributed by atoms with E-state index < -0.39 is 5.91 Å². The van der Waals surface area contributed by atoms with Crippen LogP contribution in [0.4, 0.5) is 17.2 Å². The van der Waals surface area contributed by atoms with Gasteiger partial charge >= 0.3 is 29.6 Å². The van der Waals surface area contributed by atoms with Crippen molar-refractivity contribution in [2.45, 2.75) is 45.6 Å². The number of hydrogen-bond donors (Lipinski definition) is 4. The van der Waals surface area contributed by atoms with E-state index in [0.29, 0.717) is 24.1 Å². The Bertz CT molecular complexity index is 1090. The summed E-state index contributed by atoms with van der Waals surface area (Å²) < 4.78 is 12.4. The number of anilines is 3. The maximum Gasteiger partial charge on any atom is 1.00 e. The molecule has 0 atom stereocenters. The summed E-state index contributed by atoms with van der Waals surface area (Å²) in [6.45, 7) is 5.24. The summed E-state index contributed by atoms with van der Waals surface area (Å²) in [5, 5.41) is 14.3. The maximum atomic E-state index is 10.9. The molecule has 1 aromatic heterocycles. The zero-order valence-corrected chi connectivity index (χ0v) is 24.4. The second-order valence-corrected chi connectivity index (χ2v) is 8.47. The van der Waals surface area contributed by atoms with E-state index in [1.165, 1.54) is 12.8 Å². The summed E-state index contributed by atoms with van der Waals surface area (Å²) >= 11 is 5.30. The van der Waals surface area contributed by atoms with Gasteiger partial charge in [0.05, 0.1) is 19.3 Å². The van der Waals surface area contributed by atoms with Gasteiger partial charge in [0.2, 0.25) is 0 Å². The number of nitrogens with zero attached hydrogens (tertiary/aromatic N) is 3. The van der Waals surface area contributed by atoms with Crippen molar-refractivity contribution < 1.29 is 45.3 Å². The summed E-state index contributed by atoms with van der Waals surface area (Å²) in [5.74, 6) is 1.37. The van der Waals surface area contributed by atoms with E-state index in [9.17, 15) is 4.79 Å². The molecule has 10 nitrogen and oxygen atoms in total. The van der Waals surface area contributed by atoms with Crippen LogP contribution in [0, 0.1) is 0 Å². The minimum Gasteiger partial charge on any atom is -1.00 e. The average Bonchev–Trinajstić information content (AvgIpc) is 3.52. The van der Waals surface area contributed by atoms with Gasteiger partial charge in [-0.2, -0.15) is 0 Å². The first-order chi connectivity index (χ1) is 17.4. The maximum absolute atomic E-state index is 10.9. The third-order valence-electron chi connectivity index (χ3n) is 5.48. The number of aromatic nitrogens is 3. The number of amides is 1. The normalized spacial score (nSPS) is 12.5. The number of primary amides is 1. The van der Waals surface area contributed by atoms with Crippen LogP contribution in [0.3, 0.4) is 0 Å². The van der Waals surface area contributed by atoms with E-state index in [4.69, 9.17) is 33.2 Å². The van der Waals surface area contributed by atoms with Crippen LogP contribution in [-0.4, -0.2) is 39.2 Å². The van der Waals surface area contributed by atoms with Crippen molar-refractivity contribution in [1.82, 2.24) is 15.0 Å². The number of nitrogens with one attached hydrogen (secondary N) is 2. The second kappa shape index (κ2) is 15.4. The predicted octanol–water partition coefficient (Wildman–Crippen LogP) is 1.48. The van der Waals surface area contributed by atoms with Gasteiger partial charge in [-0.1, -0.05) is 18.1 Å². The fourth-order valence-electron chi connectivity index (χ4n) is 3.79. The molecule has 194 valence electrons. The Labute approximate surface area is 246 Å². The van der Waals surface area contributed by atoms with Gasteiger partial charge in [-0.05, 0) is 87.4 Å². The molecule has 0 unspecified atom stereocenters. The van der Waals surface area contributed by atoms with Crippen LogP contribution in [0.5, 0.6) is 11.5 Å². The summed E-state index contributed by atoms with van der Waals surface area (Å²) in [6.07, 6.45) is 4.45. The zero-order valence-electron chi connectivity index (χ0n) is 22.6. The van der Waals surface area contributed by atoms with Gasteiger partial charge in [0, 0.05) is 11.4 Å². The van der Waals surface area contributed by atoms with Crippen molar-refractivity contribution >= 4 is 40.4 Å². The molecule has 0 spiro atoms. The molecule has 1 amide bonds. The number of rotatable bonds is 8. The summed E-state index contributed by atoms with van der Waals surface area (Å²) in [5.41, 5.74) is 12.7. The number of nitrogens with two attached hydrogens (primary N) is 2. The van der Waals surface area contributed by atoms with E-state index in [0.717, 1.165) is 35.7 Å². The molecule has 0 radical (unpaired) electrons. The van der Waals surface area contributed by atoms with Gasteiger partial charge in [-0.25, -0.2) is 4.68 Å². The SMILES string of the molecule is CCOc1ccc(NC(=S)Nc2ccc(OCC)cc2)cc1.NC(=O)c1nnn(C2CCCC2)c1N.[H-].[Na+]. The molecule has 12 heteroatoms. The molecule has 0 bridgehead atoms. The van der Waals surface area contributed by atoms with Crippen molar-refractivity contribution in [2.24, 2.45) is 5.73 Å². The molecule has 6 N–H and O–H groups in total. The van der Waals surface area contributed by atoms with Gasteiger partial charge < -0.3 is 33.0 Å². The molecule has 37 heavy (non-hydrogen) atoms. The third-order valence-corrected chi connectivity index (χ3v) is 5.68. The molecule has 1 saturated carbocycles. The number of carbonyl (C=O) groups is 1. The average molecular weight is 536 g/mol. The number of carbonyl (C=O) groups excluding carboxylic acids is 1. The van der Waals surface area contributed by atoms with E-state index in [1.807, 2.05) is 62.4 Å². The number of benzene rings is 2. The van der Waals surface area contributed by atoms with Gasteiger partial charge in [-0.3, -0.25) is 4.79 Å². The Hall–Kier alpha value is -2.86. The van der Waals surface area contributed by atoms with Crippen molar-refractivity contribution in [3.05, 3.63) is 54.2 Å². The van der Waals surface area contributed by atoms with Crippen molar-refractivity contribution in [3.8, 4) is 11.5 Å². The van der Waals surface area contributed by atoms with Gasteiger partial charge in [0.25, 0.3) is 5.91 Å². The first-order valence-corrected chi connectivity index (χ1v) is 12.4. The summed E-state index contributed by atoms with van der Waals surface area (Å²) in [6, 6.07) is 15.6. The monoisotopic (exact) mass is 535 g/mol. The molecule has 1 fully saturated rings. The molecular formula is C25H34N7NaO3S. The summed E-state index contributed by atoms with van der Waals surface area (Å²) in [7, 11) is 0. The fourth-order valence-corrected chi connectivity index (χ4v) is 4.03. The van der Waals surface area contributed by atoms with Gasteiger partial charge in [0.1, 0.15) is 11.5 Å². The smallest absolute Gasteiger partial charge is 1.00 e. The standard InChI is InChI=1S/C17H20N2O2S.C8H13N5O.Na.H/c1-3-20-15-9-5-13(6-10-15)18-17(22)19-14-7-11-16(12-8-14)21-4-2;9-7-6(8(10)14)11-12-13(7)5-3-1-2-4-5;;/h5-12H,3-4H2,1-2H3,(H2,18,19,22);5H,1-4,9H2,(H2,10,14);;/q;;+1;-1. The Morgan fingerprint density at radius 3 is 1.84 bits per heavy atom. The van der Waals surface area contributed by atoms with Crippen LogP contribution in [-0.2, 0) is 0 Å². The van der Waals surface area contributed by atoms with Crippen molar-refractivity contribution in [3.63, 3.8) is 0 Å². The third kappa shape index (κ3) is 9.19. The van der Waals surface area contributed by atoms with Crippen molar-refractivity contribution in [2.75, 3.05) is 29.6 Å². The van der Waals surface area contributed by atoms with Crippen LogP contribution in [0.15, 0.2) is 48.5 Å². The molecule has 0 aliphatic heterocycles. The van der Waals surface area contributed by atoms with Crippen LogP contribution < -0.4 is 61.1 Å². The quantitative estimate of drug-likeness (QED) is 0.249. The minimum absolute atomic E-state index is 0. The topological polar surface area (TPSA) is 142 Å². The molecule has 4 rings (SSSR count). The fraction of sp³-hybridized carbons (Fsp3) is 0.360. The van der Waals surface area contributed by atoms with E-state index in [2.05, 4.69) is 20.9 Å². The Kier molecular flexibility index (Phi) is 12.6. The zero-order chi connectivity index (χ0) is 25.9. The van der Waals surface area contributed by atoms with Crippen LogP contribution in [0.1, 0.15) is 57.5 Å². The molecule has 2 aromatic carbocycles. The predicted molar refractivity (Wildman–Crippen MR) is 147 cm³/mol. The van der Waals surface area contributed by atoms with Crippen LogP contribution in [0.2, 0.25) is 0 Å². The second-order valence-electron chi connectivity index (χ2n) is 8.06. The van der Waals surface area contributed by atoms with E-state index in [1.54, 1.807) is 4.68 Å². The molecule has 1 aliphatic rings. The number of nitrogen functional groups attached to an aromatic ring is 1. The Morgan fingerprint density at radius 1 is 1.00 bits per heavy atom. The number of thiocarbonyl (C=S) groups is 1. The van der Waals surface area contributed by atoms with Crippen LogP contribution in [0.25, 0.3) is 0 Å². The Morgan fingerprint density at radius 2 is 1.46 bits per heavy atom. The molecular weight excluding hydrogens is 501 g/mol. The first kappa shape index (κ1) is 30.4. The summed E-state index contributed by atoms with van der Waals surface area (Å²) in [4.78, 5) is 10.9. The van der Waals surface area contributed by atoms with Gasteiger partial charge in [-0.15, -0.1) is 5.10 Å². The van der Waals surface area contributed by atoms with Crippen molar-refractivity contribution in [1.29, 1.82) is 0 Å². The minimum atomic E-state index is -0.619. The van der Waals surface area contributed by atoms with E-state index >= 15 is 0 Å². The number of ether oxygens (including phenoxy) is 2. The molecule has 1 aliphatic carbocycles. The largest absolute Gasteiger partial charge is 1.00 e. The molecule has 3 aromatic rings.